The number of nitrogens with two attached hydrogens (primary N) is 1. The summed E-state index contributed by atoms with van der Waals surface area (Å²) in [5, 5.41) is 0.646. The van der Waals surface area contributed by atoms with Crippen molar-refractivity contribution in [3.63, 3.8) is 0 Å². The molecule has 0 saturated carbocycles. The molecule has 0 radical (unpaired) electrons. The number of ketones is 1. The Balaban J connectivity index is 1.83. The maximum Gasteiger partial charge on any atom is 0.288 e. The number of rotatable bonds is 6. The van der Waals surface area contributed by atoms with Gasteiger partial charge in [0, 0.05) is 6.20 Å². The number of furan rings is 1. The molecule has 1 saturated heterocycles. The van der Waals surface area contributed by atoms with E-state index in [0.29, 0.717) is 53.5 Å². The number of primary amides is 1. The number of carbonyl (C=O) groups excluding carboxylic acids is 2. The normalized spacial score (nSPS) is 16.0. The lowest BCUT2D eigenvalue weighted by molar-refractivity contribution is -0.119. The molecule has 8 nitrogen and oxygen atoms in total. The Labute approximate surface area is 165 Å². The van der Waals surface area contributed by atoms with Gasteiger partial charge in [0.25, 0.3) is 11.0 Å². The predicted molar refractivity (Wildman–Crippen MR) is 104 cm³/mol. The molecule has 1 aliphatic heterocycles. The maximum atomic E-state index is 13.1. The van der Waals surface area contributed by atoms with Gasteiger partial charge in [-0.2, -0.15) is 4.98 Å². The van der Waals surface area contributed by atoms with Crippen LogP contribution in [0, 0.1) is 0 Å². The Hall–Kier alpha value is -2.88. The van der Waals surface area contributed by atoms with Crippen molar-refractivity contribution in [1.82, 2.24) is 14.5 Å². The summed E-state index contributed by atoms with van der Waals surface area (Å²) in [5.41, 5.74) is 6.30. The van der Waals surface area contributed by atoms with Gasteiger partial charge < -0.3 is 14.9 Å². The molecule has 144 valence electrons. The molecule has 28 heavy (non-hydrogen) atoms. The van der Waals surface area contributed by atoms with E-state index in [1.165, 1.54) is 17.6 Å². The summed E-state index contributed by atoms with van der Waals surface area (Å²) in [7, 11) is 0. The quantitative estimate of drug-likeness (QED) is 0.501. The van der Waals surface area contributed by atoms with Crippen molar-refractivity contribution in [1.29, 1.82) is 0 Å². The van der Waals surface area contributed by atoms with E-state index < -0.39 is 5.91 Å². The third kappa shape index (κ3) is 3.47. The highest BCUT2D eigenvalue weighted by Gasteiger charge is 2.40. The lowest BCUT2D eigenvalue weighted by atomic mass is 10.1. The van der Waals surface area contributed by atoms with Crippen LogP contribution in [-0.4, -0.2) is 54.5 Å². The molecule has 9 heteroatoms. The number of hydrogen-bond donors (Lipinski definition) is 1. The fourth-order valence-corrected chi connectivity index (χ4v) is 4.47. The average Bonchev–Trinajstić information content (AvgIpc) is 3.38. The first-order valence-electron chi connectivity index (χ1n) is 8.82. The molecule has 0 unspecified atom stereocenters. The smallest absolute Gasteiger partial charge is 0.288 e. The minimum atomic E-state index is -0.422. The minimum Gasteiger partial charge on any atom is -0.463 e. The van der Waals surface area contributed by atoms with E-state index in [1.807, 2.05) is 0 Å². The van der Waals surface area contributed by atoms with Gasteiger partial charge in [-0.05, 0) is 24.3 Å². The first kappa shape index (κ1) is 18.5. The summed E-state index contributed by atoms with van der Waals surface area (Å²) in [6.07, 6.45) is 3.11. The van der Waals surface area contributed by atoms with Gasteiger partial charge in [0.1, 0.15) is 29.4 Å². The van der Waals surface area contributed by atoms with Crippen LogP contribution in [0.5, 0.6) is 0 Å². The van der Waals surface area contributed by atoms with Crippen molar-refractivity contribution in [2.75, 3.05) is 32.8 Å². The monoisotopic (exact) mass is 399 g/mol. The van der Waals surface area contributed by atoms with Crippen LogP contribution in [0.1, 0.15) is 15.4 Å². The molecule has 1 aliphatic rings. The summed E-state index contributed by atoms with van der Waals surface area (Å²) >= 11 is 1.26. The zero-order valence-electron chi connectivity index (χ0n) is 15.0. The fourth-order valence-electron chi connectivity index (χ4n) is 3.27. The second-order valence-electron chi connectivity index (χ2n) is 6.52. The van der Waals surface area contributed by atoms with E-state index in [4.69, 9.17) is 19.9 Å². The van der Waals surface area contributed by atoms with E-state index >= 15 is 0 Å². The Kier molecular flexibility index (Phi) is 5.03. The van der Waals surface area contributed by atoms with Crippen molar-refractivity contribution in [2.45, 2.75) is 0 Å². The maximum absolute atomic E-state index is 13.1. The van der Waals surface area contributed by atoms with Crippen LogP contribution in [0.4, 0.5) is 5.13 Å². The van der Waals surface area contributed by atoms with Gasteiger partial charge in [-0.3, -0.25) is 19.1 Å². The van der Waals surface area contributed by atoms with Gasteiger partial charge in [-0.15, -0.1) is 0 Å². The van der Waals surface area contributed by atoms with Crippen LogP contribution >= 0.6 is 11.3 Å². The Morgan fingerprint density at radius 1 is 1.18 bits per heavy atom. The standard InChI is InChI=1S/C19H18N4O4S/c20-15(24)12-23(7-10-26-11-8-23)19-22-16(14-5-3-9-27-14)18(28-19)17(25)13-4-1-2-6-21-13/h1-6,9H,7-8,10-12H2,(H-,20,24)/p+1. The van der Waals surface area contributed by atoms with Crippen LogP contribution in [0.25, 0.3) is 11.5 Å². The number of amides is 1. The molecule has 3 aromatic heterocycles. The summed E-state index contributed by atoms with van der Waals surface area (Å²) in [6, 6.07) is 8.68. The number of carbonyl (C=O) groups is 2. The predicted octanol–water partition coefficient (Wildman–Crippen LogP) is 1.85. The molecule has 1 amide bonds. The third-order valence-corrected chi connectivity index (χ3v) is 5.91. The number of thiazole rings is 1. The lowest BCUT2D eigenvalue weighted by Gasteiger charge is -2.37. The van der Waals surface area contributed by atoms with E-state index in [0.717, 1.165) is 0 Å². The summed E-state index contributed by atoms with van der Waals surface area (Å²) in [5.74, 6) is -0.164. The Bertz CT molecular complexity index is 979. The third-order valence-electron chi connectivity index (χ3n) is 4.67. The minimum absolute atomic E-state index is 0.103. The molecule has 2 N–H and O–H groups in total. The number of nitrogens with zero attached hydrogens (tertiary/aromatic N) is 3. The highest BCUT2D eigenvalue weighted by Crippen LogP contribution is 2.38. The summed E-state index contributed by atoms with van der Waals surface area (Å²) < 4.78 is 11.2. The van der Waals surface area contributed by atoms with Crippen molar-refractivity contribution in [3.05, 3.63) is 53.4 Å². The molecule has 4 heterocycles. The highest BCUT2D eigenvalue weighted by molar-refractivity contribution is 7.18. The molecule has 4 rings (SSSR count). The van der Waals surface area contributed by atoms with Gasteiger partial charge >= 0.3 is 0 Å². The number of morpholine rings is 1. The molecular formula is C19H19N4O4S+. The topological polar surface area (TPSA) is 108 Å². The SMILES string of the molecule is NC(=O)C[N+]1(c2nc(-c3ccco3)c(C(=O)c3ccccn3)s2)CCOCC1. The molecule has 0 bridgehead atoms. The zero-order valence-corrected chi connectivity index (χ0v) is 15.9. The fraction of sp³-hybridized carbons (Fsp3) is 0.263. The van der Waals surface area contributed by atoms with Crippen LogP contribution < -0.4 is 10.2 Å². The Morgan fingerprint density at radius 3 is 2.64 bits per heavy atom. The van der Waals surface area contributed by atoms with Crippen LogP contribution in [0.2, 0.25) is 0 Å². The van der Waals surface area contributed by atoms with E-state index in [1.54, 1.807) is 36.5 Å². The second kappa shape index (κ2) is 7.63. The molecule has 0 aliphatic carbocycles. The van der Waals surface area contributed by atoms with Crippen LogP contribution in [0.3, 0.4) is 0 Å². The van der Waals surface area contributed by atoms with E-state index in [-0.39, 0.29) is 16.8 Å². The number of hydrogen-bond acceptors (Lipinski definition) is 7. The molecule has 3 aromatic rings. The van der Waals surface area contributed by atoms with E-state index in [9.17, 15) is 9.59 Å². The van der Waals surface area contributed by atoms with Crippen molar-refractivity contribution in [3.8, 4) is 11.5 Å². The van der Waals surface area contributed by atoms with Gasteiger partial charge in [0.05, 0.1) is 19.5 Å². The molecule has 1 fully saturated rings. The average molecular weight is 399 g/mol. The highest BCUT2D eigenvalue weighted by atomic mass is 32.1. The number of ether oxygens (including phenoxy) is 1. The number of quaternary nitrogens is 1. The van der Waals surface area contributed by atoms with Crippen molar-refractivity contribution < 1.29 is 18.7 Å². The van der Waals surface area contributed by atoms with Gasteiger partial charge in [0.2, 0.25) is 5.78 Å². The van der Waals surface area contributed by atoms with Gasteiger partial charge in [-0.1, -0.05) is 17.4 Å². The van der Waals surface area contributed by atoms with Crippen molar-refractivity contribution >= 4 is 28.2 Å². The van der Waals surface area contributed by atoms with Gasteiger partial charge in [0.15, 0.2) is 12.3 Å². The van der Waals surface area contributed by atoms with Crippen LogP contribution in [0.15, 0.2) is 47.2 Å². The lowest BCUT2D eigenvalue weighted by Crippen LogP contribution is -2.59. The summed E-state index contributed by atoms with van der Waals surface area (Å²) in [6.45, 7) is 2.21. The summed E-state index contributed by atoms with van der Waals surface area (Å²) in [4.78, 5) is 34.2. The molecular weight excluding hydrogens is 380 g/mol. The van der Waals surface area contributed by atoms with E-state index in [2.05, 4.69) is 4.98 Å². The molecule has 0 aromatic carbocycles. The molecule has 0 spiro atoms. The van der Waals surface area contributed by atoms with Gasteiger partial charge in [-0.25, -0.2) is 0 Å². The van der Waals surface area contributed by atoms with Crippen LogP contribution in [-0.2, 0) is 9.53 Å². The zero-order chi connectivity index (χ0) is 19.6. The largest absolute Gasteiger partial charge is 0.463 e. The first-order valence-corrected chi connectivity index (χ1v) is 9.64. The molecule has 0 atom stereocenters. The first-order chi connectivity index (χ1) is 13.6. The van der Waals surface area contributed by atoms with Crippen molar-refractivity contribution in [2.24, 2.45) is 5.73 Å². The number of pyridine rings is 1. The second-order valence-corrected chi connectivity index (χ2v) is 7.50. The Morgan fingerprint density at radius 2 is 2.00 bits per heavy atom. The number of aromatic nitrogens is 2.